The van der Waals surface area contributed by atoms with E-state index in [0.29, 0.717) is 18.7 Å². The lowest BCUT2D eigenvalue weighted by Crippen LogP contribution is -2.39. The molecule has 0 saturated carbocycles. The van der Waals surface area contributed by atoms with Crippen LogP contribution in [0.25, 0.3) is 0 Å². The summed E-state index contributed by atoms with van der Waals surface area (Å²) in [6.45, 7) is 0.768. The number of nitrogens with zero attached hydrogens (tertiary/aromatic N) is 2. The second-order valence-electron chi connectivity index (χ2n) is 7.32. The molecular formula is C24H25N3O5. The maximum absolute atomic E-state index is 13.3. The quantitative estimate of drug-likeness (QED) is 0.470. The molecule has 1 atom stereocenters. The zero-order valence-corrected chi connectivity index (χ0v) is 17.7. The van der Waals surface area contributed by atoms with Gasteiger partial charge in [0.15, 0.2) is 0 Å². The maximum Gasteiger partial charge on any atom is 0.338 e. The highest BCUT2D eigenvalue weighted by atomic mass is 16.5. The van der Waals surface area contributed by atoms with E-state index in [9.17, 15) is 9.59 Å². The fourth-order valence-electron chi connectivity index (χ4n) is 3.91. The third-order valence-corrected chi connectivity index (χ3v) is 5.40. The van der Waals surface area contributed by atoms with Crippen LogP contribution in [0.15, 0.2) is 60.9 Å². The van der Waals surface area contributed by atoms with Crippen LogP contribution in [0.2, 0.25) is 0 Å². The molecule has 166 valence electrons. The Labute approximate surface area is 185 Å². The number of hydrogen-bond donors (Lipinski definition) is 2. The second kappa shape index (κ2) is 10.9. The summed E-state index contributed by atoms with van der Waals surface area (Å²) in [5.41, 5.74) is 3.91. The van der Waals surface area contributed by atoms with Crippen molar-refractivity contribution in [3.63, 3.8) is 0 Å². The molecule has 0 radical (unpaired) electrons. The van der Waals surface area contributed by atoms with E-state index in [1.807, 2.05) is 18.2 Å². The third kappa shape index (κ3) is 5.21. The van der Waals surface area contributed by atoms with E-state index in [0.717, 1.165) is 24.2 Å². The van der Waals surface area contributed by atoms with Gasteiger partial charge in [0, 0.05) is 12.5 Å². The Balaban J connectivity index is 0.000000913. The first-order valence-electron chi connectivity index (χ1n) is 10.2. The van der Waals surface area contributed by atoms with Crippen LogP contribution in [-0.2, 0) is 22.5 Å². The number of carbonyl (C=O) groups is 3. The van der Waals surface area contributed by atoms with Crippen LogP contribution in [0.1, 0.15) is 50.0 Å². The molecule has 2 aromatic carbocycles. The third-order valence-electron chi connectivity index (χ3n) is 5.40. The van der Waals surface area contributed by atoms with Gasteiger partial charge in [0.05, 0.1) is 42.5 Å². The Morgan fingerprint density at radius 3 is 2.50 bits per heavy atom. The van der Waals surface area contributed by atoms with E-state index in [1.54, 1.807) is 35.5 Å². The molecule has 32 heavy (non-hydrogen) atoms. The molecule has 1 aliphatic rings. The van der Waals surface area contributed by atoms with Gasteiger partial charge in [-0.25, -0.2) is 9.78 Å². The molecule has 0 spiro atoms. The molecule has 1 aliphatic heterocycles. The van der Waals surface area contributed by atoms with Gasteiger partial charge in [-0.2, -0.15) is 0 Å². The largest absolute Gasteiger partial charge is 0.483 e. The molecule has 0 fully saturated rings. The molecule has 2 N–H and O–H groups in total. The van der Waals surface area contributed by atoms with Crippen molar-refractivity contribution in [2.45, 2.75) is 25.3 Å². The first-order chi connectivity index (χ1) is 15.6. The van der Waals surface area contributed by atoms with Crippen LogP contribution in [-0.4, -0.2) is 52.0 Å². The number of H-pyrrole nitrogens is 1. The number of carboxylic acid groups (broad SMARTS) is 1. The van der Waals surface area contributed by atoms with E-state index in [-0.39, 0.29) is 23.9 Å². The van der Waals surface area contributed by atoms with Gasteiger partial charge in [0.1, 0.15) is 0 Å². The van der Waals surface area contributed by atoms with Crippen LogP contribution in [0.3, 0.4) is 0 Å². The molecule has 1 unspecified atom stereocenters. The molecule has 4 rings (SSSR count). The minimum Gasteiger partial charge on any atom is -0.483 e. The van der Waals surface area contributed by atoms with Gasteiger partial charge < -0.3 is 19.7 Å². The zero-order chi connectivity index (χ0) is 22.9. The van der Waals surface area contributed by atoms with Crippen molar-refractivity contribution >= 4 is 18.3 Å². The molecule has 0 aliphatic carbocycles. The summed E-state index contributed by atoms with van der Waals surface area (Å²) in [6, 6.07) is 17.1. The SMILES string of the molecule is COC(=O)c1ccccc1C(=O)N1Cc2[nH]cnc2C(CCc2ccccc2)C1.O=CO. The summed E-state index contributed by atoms with van der Waals surface area (Å²) < 4.78 is 4.84. The Hall–Kier alpha value is -3.94. The van der Waals surface area contributed by atoms with Crippen molar-refractivity contribution in [1.29, 1.82) is 0 Å². The maximum atomic E-state index is 13.3. The van der Waals surface area contributed by atoms with Crippen molar-refractivity contribution in [2.24, 2.45) is 0 Å². The van der Waals surface area contributed by atoms with Crippen molar-refractivity contribution in [1.82, 2.24) is 14.9 Å². The second-order valence-corrected chi connectivity index (χ2v) is 7.32. The number of imidazole rings is 1. The first kappa shape index (κ1) is 22.7. The highest BCUT2D eigenvalue weighted by Crippen LogP contribution is 2.30. The lowest BCUT2D eigenvalue weighted by molar-refractivity contribution is -0.122. The fourth-order valence-corrected chi connectivity index (χ4v) is 3.91. The van der Waals surface area contributed by atoms with Gasteiger partial charge >= 0.3 is 5.97 Å². The monoisotopic (exact) mass is 435 g/mol. The number of hydrogen-bond acceptors (Lipinski definition) is 5. The van der Waals surface area contributed by atoms with Gasteiger partial charge in [0.25, 0.3) is 12.4 Å². The lowest BCUT2D eigenvalue weighted by atomic mass is 9.91. The van der Waals surface area contributed by atoms with Crippen LogP contribution in [0.4, 0.5) is 0 Å². The van der Waals surface area contributed by atoms with Crippen LogP contribution in [0.5, 0.6) is 0 Å². The predicted molar refractivity (Wildman–Crippen MR) is 117 cm³/mol. The summed E-state index contributed by atoms with van der Waals surface area (Å²) >= 11 is 0. The molecular weight excluding hydrogens is 410 g/mol. The summed E-state index contributed by atoms with van der Waals surface area (Å²) in [4.78, 5) is 43.2. The van der Waals surface area contributed by atoms with E-state index >= 15 is 0 Å². The number of amides is 1. The zero-order valence-electron chi connectivity index (χ0n) is 17.7. The molecule has 8 nitrogen and oxygen atoms in total. The average Bonchev–Trinajstić information content (AvgIpc) is 3.31. The number of aryl methyl sites for hydroxylation is 1. The van der Waals surface area contributed by atoms with Crippen molar-refractivity contribution in [3.05, 3.63) is 89.0 Å². The number of carbonyl (C=O) groups excluding carboxylic acids is 2. The molecule has 3 aromatic rings. The Kier molecular flexibility index (Phi) is 7.75. The number of aromatic nitrogens is 2. The summed E-state index contributed by atoms with van der Waals surface area (Å²) in [5.74, 6) is -0.538. The van der Waals surface area contributed by atoms with E-state index in [1.165, 1.54) is 12.7 Å². The van der Waals surface area contributed by atoms with Crippen molar-refractivity contribution < 1.29 is 24.2 Å². The molecule has 1 aromatic heterocycles. The summed E-state index contributed by atoms with van der Waals surface area (Å²) in [7, 11) is 1.32. The van der Waals surface area contributed by atoms with Crippen LogP contribution >= 0.6 is 0 Å². The Morgan fingerprint density at radius 1 is 1.16 bits per heavy atom. The molecule has 1 amide bonds. The number of rotatable bonds is 5. The standard InChI is InChI=1S/C23H23N3O3.CH2O2/c1-29-23(28)19-10-6-5-9-18(19)22(27)26-13-17(21-20(14-26)24-15-25-21)12-11-16-7-3-2-4-8-16;2-1-3/h2-10,15,17H,11-14H2,1H3,(H,24,25);1H,(H,2,3). The van der Waals surface area contributed by atoms with Gasteiger partial charge in [-0.3, -0.25) is 9.59 Å². The first-order valence-corrected chi connectivity index (χ1v) is 10.2. The van der Waals surface area contributed by atoms with E-state index < -0.39 is 5.97 Å². The lowest BCUT2D eigenvalue weighted by Gasteiger charge is -2.32. The number of benzene rings is 2. The Bertz CT molecular complexity index is 1060. The van der Waals surface area contributed by atoms with Crippen molar-refractivity contribution in [2.75, 3.05) is 13.7 Å². The summed E-state index contributed by atoms with van der Waals surface area (Å²) in [5, 5.41) is 6.89. The number of fused-ring (bicyclic) bond motifs is 1. The average molecular weight is 435 g/mol. The highest BCUT2D eigenvalue weighted by molar-refractivity contribution is 6.05. The Morgan fingerprint density at radius 2 is 1.81 bits per heavy atom. The number of nitrogens with one attached hydrogen (secondary N) is 1. The van der Waals surface area contributed by atoms with Gasteiger partial charge in [0.2, 0.25) is 0 Å². The number of methoxy groups -OCH3 is 1. The van der Waals surface area contributed by atoms with Gasteiger partial charge in [-0.1, -0.05) is 42.5 Å². The minimum absolute atomic E-state index is 0.138. The van der Waals surface area contributed by atoms with Crippen LogP contribution < -0.4 is 0 Å². The predicted octanol–water partition coefficient (Wildman–Crippen LogP) is 3.27. The van der Waals surface area contributed by atoms with Gasteiger partial charge in [-0.15, -0.1) is 0 Å². The molecule has 2 heterocycles. The topological polar surface area (TPSA) is 113 Å². The fraction of sp³-hybridized carbons (Fsp3) is 0.250. The summed E-state index contributed by atoms with van der Waals surface area (Å²) in [6.07, 6.45) is 3.50. The molecule has 0 saturated heterocycles. The smallest absolute Gasteiger partial charge is 0.338 e. The highest BCUT2D eigenvalue weighted by Gasteiger charge is 2.32. The van der Waals surface area contributed by atoms with Gasteiger partial charge in [-0.05, 0) is 30.5 Å². The van der Waals surface area contributed by atoms with Crippen molar-refractivity contribution in [3.8, 4) is 0 Å². The van der Waals surface area contributed by atoms with Crippen LogP contribution in [0, 0.1) is 0 Å². The molecule has 8 heteroatoms. The normalized spacial score (nSPS) is 14.5. The number of aromatic amines is 1. The van der Waals surface area contributed by atoms with E-state index in [4.69, 9.17) is 14.6 Å². The number of ether oxygens (including phenoxy) is 1. The number of esters is 1. The molecule has 0 bridgehead atoms. The van der Waals surface area contributed by atoms with E-state index in [2.05, 4.69) is 22.1 Å². The minimum atomic E-state index is -0.506.